The number of hydrazine groups is 1. The number of nitrogens with one attached hydrogen (secondary N) is 1. The van der Waals surface area contributed by atoms with Crippen LogP contribution < -0.4 is 11.3 Å². The van der Waals surface area contributed by atoms with Crippen LogP contribution in [0.5, 0.6) is 0 Å². The highest BCUT2D eigenvalue weighted by molar-refractivity contribution is 5.81. The molecule has 0 bridgehead atoms. The number of rotatable bonds is 4. The highest BCUT2D eigenvalue weighted by Crippen LogP contribution is 2.21. The van der Waals surface area contributed by atoms with Crippen molar-refractivity contribution in [3.8, 4) is 0 Å². The van der Waals surface area contributed by atoms with Crippen LogP contribution in [0.3, 0.4) is 0 Å². The van der Waals surface area contributed by atoms with E-state index in [0.29, 0.717) is 6.54 Å². The summed E-state index contributed by atoms with van der Waals surface area (Å²) in [7, 11) is 0. The van der Waals surface area contributed by atoms with Gasteiger partial charge in [-0.15, -0.1) is 0 Å². The summed E-state index contributed by atoms with van der Waals surface area (Å²) >= 11 is 0. The highest BCUT2D eigenvalue weighted by Gasteiger charge is 2.29. The van der Waals surface area contributed by atoms with Gasteiger partial charge in [0.05, 0.1) is 17.7 Å². The monoisotopic (exact) mass is 238 g/mol. The molecule has 5 heteroatoms. The molecule has 0 aliphatic carbocycles. The van der Waals surface area contributed by atoms with E-state index in [2.05, 4.69) is 17.4 Å². The molecule has 1 aromatic rings. The highest BCUT2D eigenvalue weighted by atomic mass is 16.2. The molecule has 1 heterocycles. The summed E-state index contributed by atoms with van der Waals surface area (Å²) in [5, 5.41) is 4.48. The number of carbonyl (C=O) groups is 1. The van der Waals surface area contributed by atoms with Crippen molar-refractivity contribution < 1.29 is 4.79 Å². The predicted molar refractivity (Wildman–Crippen MR) is 67.2 cm³/mol. The van der Waals surface area contributed by atoms with Crippen molar-refractivity contribution in [1.29, 1.82) is 0 Å². The Labute approximate surface area is 102 Å². The molecule has 96 valence electrons. The first-order chi connectivity index (χ1) is 7.83. The van der Waals surface area contributed by atoms with Gasteiger partial charge >= 0.3 is 0 Å². The van der Waals surface area contributed by atoms with Gasteiger partial charge in [-0.05, 0) is 39.7 Å². The first-order valence-electron chi connectivity index (χ1n) is 5.87. The van der Waals surface area contributed by atoms with Gasteiger partial charge in [-0.25, -0.2) is 5.84 Å². The fraction of sp³-hybridized carbons (Fsp3) is 0.667. The molecule has 0 unspecified atom stereocenters. The minimum absolute atomic E-state index is 0.178. The van der Waals surface area contributed by atoms with Gasteiger partial charge < -0.3 is 0 Å². The Kier molecular flexibility index (Phi) is 3.93. The zero-order valence-corrected chi connectivity index (χ0v) is 11.3. The van der Waals surface area contributed by atoms with Gasteiger partial charge in [0.15, 0.2) is 0 Å². The SMILES string of the molecule is CCc1c(C)nn(CC(C)(C)C(=O)NN)c1C. The first kappa shape index (κ1) is 13.7. The van der Waals surface area contributed by atoms with Crippen molar-refractivity contribution in [1.82, 2.24) is 15.2 Å². The Balaban J connectivity index is 3.00. The van der Waals surface area contributed by atoms with Crippen LogP contribution in [0.25, 0.3) is 0 Å². The molecule has 0 saturated carbocycles. The van der Waals surface area contributed by atoms with Crippen LogP contribution >= 0.6 is 0 Å². The lowest BCUT2D eigenvalue weighted by molar-refractivity contribution is -0.130. The number of hydrogen-bond donors (Lipinski definition) is 2. The largest absolute Gasteiger partial charge is 0.294 e. The van der Waals surface area contributed by atoms with Gasteiger partial charge in [-0.3, -0.25) is 14.9 Å². The molecule has 0 saturated heterocycles. The average Bonchev–Trinajstić information content (AvgIpc) is 2.52. The first-order valence-corrected chi connectivity index (χ1v) is 5.87. The van der Waals surface area contributed by atoms with Crippen LogP contribution in [-0.2, 0) is 17.8 Å². The van der Waals surface area contributed by atoms with Gasteiger partial charge in [0.2, 0.25) is 5.91 Å². The number of amides is 1. The van der Waals surface area contributed by atoms with E-state index in [4.69, 9.17) is 5.84 Å². The van der Waals surface area contributed by atoms with E-state index in [9.17, 15) is 4.79 Å². The van der Waals surface area contributed by atoms with Crippen molar-refractivity contribution in [2.24, 2.45) is 11.3 Å². The molecule has 17 heavy (non-hydrogen) atoms. The maximum Gasteiger partial charge on any atom is 0.241 e. The maximum absolute atomic E-state index is 11.6. The van der Waals surface area contributed by atoms with Gasteiger partial charge in [-0.1, -0.05) is 6.92 Å². The third kappa shape index (κ3) is 2.66. The molecular weight excluding hydrogens is 216 g/mol. The molecule has 1 aromatic heterocycles. The molecule has 0 aromatic carbocycles. The molecule has 0 fully saturated rings. The Morgan fingerprint density at radius 1 is 1.47 bits per heavy atom. The van der Waals surface area contributed by atoms with E-state index in [1.165, 1.54) is 5.56 Å². The van der Waals surface area contributed by atoms with Crippen molar-refractivity contribution >= 4 is 5.91 Å². The molecule has 5 nitrogen and oxygen atoms in total. The lowest BCUT2D eigenvalue weighted by Gasteiger charge is -2.22. The van der Waals surface area contributed by atoms with Gasteiger partial charge in [0, 0.05) is 5.69 Å². The molecule has 1 amide bonds. The summed E-state index contributed by atoms with van der Waals surface area (Å²) in [6.07, 6.45) is 0.960. The Morgan fingerprint density at radius 3 is 2.47 bits per heavy atom. The Morgan fingerprint density at radius 2 is 2.06 bits per heavy atom. The Bertz CT molecular complexity index is 420. The zero-order chi connectivity index (χ0) is 13.2. The van der Waals surface area contributed by atoms with E-state index < -0.39 is 5.41 Å². The minimum Gasteiger partial charge on any atom is -0.294 e. The molecular formula is C12H22N4O. The molecule has 0 aliphatic rings. The number of carbonyl (C=O) groups excluding carboxylic acids is 1. The van der Waals surface area contributed by atoms with Gasteiger partial charge in [-0.2, -0.15) is 5.10 Å². The normalized spacial score (nSPS) is 11.6. The number of aryl methyl sites for hydroxylation is 1. The Hall–Kier alpha value is -1.36. The number of aromatic nitrogens is 2. The second-order valence-electron chi connectivity index (χ2n) is 5.02. The van der Waals surface area contributed by atoms with E-state index in [1.54, 1.807) is 0 Å². The van der Waals surface area contributed by atoms with E-state index >= 15 is 0 Å². The van der Waals surface area contributed by atoms with Crippen molar-refractivity contribution in [3.63, 3.8) is 0 Å². The fourth-order valence-electron chi connectivity index (χ4n) is 2.04. The quantitative estimate of drug-likeness (QED) is 0.468. The molecule has 0 spiro atoms. The van der Waals surface area contributed by atoms with Crippen LogP contribution in [0, 0.1) is 19.3 Å². The lowest BCUT2D eigenvalue weighted by atomic mass is 9.92. The van der Waals surface area contributed by atoms with Crippen molar-refractivity contribution in [2.45, 2.75) is 47.6 Å². The van der Waals surface area contributed by atoms with Crippen LogP contribution in [0.1, 0.15) is 37.7 Å². The third-order valence-corrected chi connectivity index (χ3v) is 3.18. The molecule has 3 N–H and O–H groups in total. The third-order valence-electron chi connectivity index (χ3n) is 3.18. The van der Waals surface area contributed by atoms with Gasteiger partial charge in [0.25, 0.3) is 0 Å². The standard InChI is InChI=1S/C12H22N4O/c1-6-10-8(2)15-16(9(10)3)7-12(4,5)11(17)14-13/h6-7,13H2,1-5H3,(H,14,17). The zero-order valence-electron chi connectivity index (χ0n) is 11.3. The van der Waals surface area contributed by atoms with Crippen LogP contribution in [-0.4, -0.2) is 15.7 Å². The smallest absolute Gasteiger partial charge is 0.241 e. The molecule has 0 atom stereocenters. The summed E-state index contributed by atoms with van der Waals surface area (Å²) in [5.41, 5.74) is 5.06. The minimum atomic E-state index is -0.566. The van der Waals surface area contributed by atoms with E-state index in [0.717, 1.165) is 17.8 Å². The molecule has 0 aliphatic heterocycles. The van der Waals surface area contributed by atoms with Crippen molar-refractivity contribution in [2.75, 3.05) is 0 Å². The maximum atomic E-state index is 11.6. The molecule has 1 rings (SSSR count). The van der Waals surface area contributed by atoms with Gasteiger partial charge in [0.1, 0.15) is 0 Å². The summed E-state index contributed by atoms with van der Waals surface area (Å²) in [6.45, 7) is 10.4. The van der Waals surface area contributed by atoms with Crippen LogP contribution in [0.2, 0.25) is 0 Å². The summed E-state index contributed by atoms with van der Waals surface area (Å²) in [6, 6.07) is 0. The average molecular weight is 238 g/mol. The number of nitrogens with zero attached hydrogens (tertiary/aromatic N) is 2. The van der Waals surface area contributed by atoms with Crippen LogP contribution in [0.4, 0.5) is 0 Å². The van der Waals surface area contributed by atoms with Crippen LogP contribution in [0.15, 0.2) is 0 Å². The van der Waals surface area contributed by atoms with Crippen molar-refractivity contribution in [3.05, 3.63) is 17.0 Å². The predicted octanol–water partition coefficient (Wildman–Crippen LogP) is 1.08. The fourth-order valence-corrected chi connectivity index (χ4v) is 2.04. The number of hydrogen-bond acceptors (Lipinski definition) is 3. The summed E-state index contributed by atoms with van der Waals surface area (Å²) in [4.78, 5) is 11.6. The topological polar surface area (TPSA) is 72.9 Å². The summed E-state index contributed by atoms with van der Waals surface area (Å²) < 4.78 is 1.89. The molecule has 0 radical (unpaired) electrons. The van der Waals surface area contributed by atoms with E-state index in [-0.39, 0.29) is 5.91 Å². The van der Waals surface area contributed by atoms with E-state index in [1.807, 2.05) is 32.4 Å². The lowest BCUT2D eigenvalue weighted by Crippen LogP contribution is -2.43. The summed E-state index contributed by atoms with van der Waals surface area (Å²) in [5.74, 6) is 5.00. The second-order valence-corrected chi connectivity index (χ2v) is 5.02. The number of nitrogens with two attached hydrogens (primary N) is 1. The second kappa shape index (κ2) is 4.87.